The van der Waals surface area contributed by atoms with E-state index in [2.05, 4.69) is 20.2 Å². The average Bonchev–Trinajstić information content (AvgIpc) is 2.88. The van der Waals surface area contributed by atoms with Crippen LogP contribution in [0.25, 0.3) is 0 Å². The van der Waals surface area contributed by atoms with Crippen LogP contribution in [0.1, 0.15) is 34.6 Å². The molecule has 6 heteroatoms. The average molecular weight is 240 g/mol. The quantitative estimate of drug-likeness (QED) is 0.813. The lowest BCUT2D eigenvalue weighted by Crippen LogP contribution is -2.30. The molecule has 1 fully saturated rings. The smallest absolute Gasteiger partial charge is 0.264 e. The first-order valence-corrected chi connectivity index (χ1v) is 6.35. The summed E-state index contributed by atoms with van der Waals surface area (Å²) in [6.45, 7) is 3.63. The van der Waals surface area contributed by atoms with Crippen LogP contribution < -0.4 is 10.6 Å². The zero-order valence-corrected chi connectivity index (χ0v) is 10.1. The second-order valence-electron chi connectivity index (χ2n) is 4.03. The zero-order chi connectivity index (χ0) is 11.4. The van der Waals surface area contributed by atoms with Crippen molar-refractivity contribution in [3.05, 3.63) is 10.6 Å². The summed E-state index contributed by atoms with van der Waals surface area (Å²) in [5.41, 5.74) is 0.710. The van der Waals surface area contributed by atoms with Crippen LogP contribution in [0.2, 0.25) is 0 Å². The van der Waals surface area contributed by atoms with Gasteiger partial charge < -0.3 is 10.6 Å². The molecule has 2 rings (SSSR count). The summed E-state index contributed by atoms with van der Waals surface area (Å²) in [6.07, 6.45) is 3.46. The molecule has 88 valence electrons. The first kappa shape index (κ1) is 11.5. The molecular formula is C10H16N4OS. The van der Waals surface area contributed by atoms with E-state index in [0.29, 0.717) is 23.2 Å². The molecule has 1 saturated heterocycles. The van der Waals surface area contributed by atoms with E-state index in [1.165, 1.54) is 12.8 Å². The lowest BCUT2D eigenvalue weighted by molar-refractivity contribution is 0.0955. The molecule has 1 aliphatic rings. The van der Waals surface area contributed by atoms with Gasteiger partial charge in [-0.1, -0.05) is 4.49 Å². The lowest BCUT2D eigenvalue weighted by Gasteiger charge is -2.10. The Morgan fingerprint density at radius 2 is 2.56 bits per heavy atom. The van der Waals surface area contributed by atoms with Crippen LogP contribution in [0.5, 0.6) is 0 Å². The Hall–Kier alpha value is -1.01. The third-order valence-corrected chi connectivity index (χ3v) is 3.63. The summed E-state index contributed by atoms with van der Waals surface area (Å²) in [5, 5.41) is 10.1. The molecule has 0 aromatic carbocycles. The normalized spacial score (nSPS) is 19.9. The number of rotatable bonds is 4. The van der Waals surface area contributed by atoms with Gasteiger partial charge in [0, 0.05) is 12.6 Å². The Balaban J connectivity index is 1.73. The van der Waals surface area contributed by atoms with Crippen molar-refractivity contribution in [3.63, 3.8) is 0 Å². The maximum Gasteiger partial charge on any atom is 0.264 e. The van der Waals surface area contributed by atoms with Gasteiger partial charge in [-0.2, -0.15) is 0 Å². The highest BCUT2D eigenvalue weighted by atomic mass is 32.1. The van der Waals surface area contributed by atoms with Gasteiger partial charge in [0.05, 0.1) is 5.69 Å². The Morgan fingerprint density at radius 1 is 1.69 bits per heavy atom. The Labute approximate surface area is 98.8 Å². The number of hydrogen-bond donors (Lipinski definition) is 2. The van der Waals surface area contributed by atoms with Crippen molar-refractivity contribution < 1.29 is 4.79 Å². The molecule has 2 heterocycles. The first-order valence-electron chi connectivity index (χ1n) is 5.58. The number of carbonyl (C=O) groups excluding carboxylic acids is 1. The number of amides is 1. The molecule has 0 aliphatic carbocycles. The molecule has 1 aromatic heterocycles. The summed E-state index contributed by atoms with van der Waals surface area (Å²) in [6, 6.07) is 0.570. The predicted molar refractivity (Wildman–Crippen MR) is 62.6 cm³/mol. The number of nitrogens with zero attached hydrogens (tertiary/aromatic N) is 2. The predicted octanol–water partition coefficient (Wildman–Crippen LogP) is 0.718. The van der Waals surface area contributed by atoms with Gasteiger partial charge in [-0.15, -0.1) is 5.10 Å². The highest BCUT2D eigenvalue weighted by molar-refractivity contribution is 7.07. The standard InChI is InChI=1S/C10H16N4OS/c1-7-9(16-14-13-7)10(15)12-6-4-8-3-2-5-11-8/h8,11H,2-6H2,1H3,(H,12,15)/t8-/m1/s1. The summed E-state index contributed by atoms with van der Waals surface area (Å²) >= 11 is 1.15. The van der Waals surface area contributed by atoms with Crippen LogP contribution in [-0.4, -0.2) is 34.6 Å². The molecule has 0 saturated carbocycles. The molecule has 1 amide bonds. The molecule has 5 nitrogen and oxygen atoms in total. The van der Waals surface area contributed by atoms with Gasteiger partial charge in [0.25, 0.3) is 5.91 Å². The molecule has 0 spiro atoms. The molecule has 1 aromatic rings. The summed E-state index contributed by atoms with van der Waals surface area (Å²) in [4.78, 5) is 12.3. The SMILES string of the molecule is Cc1nnsc1C(=O)NCC[C@H]1CCCN1. The van der Waals surface area contributed by atoms with E-state index in [9.17, 15) is 4.79 Å². The van der Waals surface area contributed by atoms with Crippen molar-refractivity contribution in [3.8, 4) is 0 Å². The molecule has 1 atom stereocenters. The minimum absolute atomic E-state index is 0.0505. The number of carbonyl (C=O) groups is 1. The summed E-state index contributed by atoms with van der Waals surface area (Å²) in [7, 11) is 0. The maximum absolute atomic E-state index is 11.7. The number of aryl methyl sites for hydroxylation is 1. The minimum atomic E-state index is -0.0505. The van der Waals surface area contributed by atoms with E-state index in [4.69, 9.17) is 0 Å². The molecule has 1 aliphatic heterocycles. The zero-order valence-electron chi connectivity index (χ0n) is 9.32. The van der Waals surface area contributed by atoms with Crippen molar-refractivity contribution in [2.24, 2.45) is 0 Å². The van der Waals surface area contributed by atoms with Crippen LogP contribution in [0.3, 0.4) is 0 Å². The topological polar surface area (TPSA) is 66.9 Å². The van der Waals surface area contributed by atoms with E-state index < -0.39 is 0 Å². The highest BCUT2D eigenvalue weighted by Gasteiger charge is 2.15. The van der Waals surface area contributed by atoms with Crippen LogP contribution in [-0.2, 0) is 0 Å². The van der Waals surface area contributed by atoms with Crippen molar-refractivity contribution >= 4 is 17.4 Å². The van der Waals surface area contributed by atoms with E-state index in [1.807, 2.05) is 0 Å². The van der Waals surface area contributed by atoms with Gasteiger partial charge in [0.2, 0.25) is 0 Å². The van der Waals surface area contributed by atoms with Crippen LogP contribution in [0.4, 0.5) is 0 Å². The second-order valence-corrected chi connectivity index (χ2v) is 4.78. The molecule has 2 N–H and O–H groups in total. The van der Waals surface area contributed by atoms with Crippen molar-refractivity contribution in [1.29, 1.82) is 0 Å². The van der Waals surface area contributed by atoms with Crippen molar-refractivity contribution in [1.82, 2.24) is 20.2 Å². The first-order chi connectivity index (χ1) is 7.77. The fraction of sp³-hybridized carbons (Fsp3) is 0.700. The van der Waals surface area contributed by atoms with E-state index in [0.717, 1.165) is 24.5 Å². The lowest BCUT2D eigenvalue weighted by atomic mass is 10.1. The van der Waals surface area contributed by atoms with E-state index in [-0.39, 0.29) is 5.91 Å². The van der Waals surface area contributed by atoms with Gasteiger partial charge in [-0.3, -0.25) is 4.79 Å². The molecule has 16 heavy (non-hydrogen) atoms. The van der Waals surface area contributed by atoms with Crippen molar-refractivity contribution in [2.45, 2.75) is 32.2 Å². The Morgan fingerprint density at radius 3 is 3.19 bits per heavy atom. The van der Waals surface area contributed by atoms with Gasteiger partial charge in [-0.25, -0.2) is 0 Å². The number of nitrogens with one attached hydrogen (secondary N) is 2. The highest BCUT2D eigenvalue weighted by Crippen LogP contribution is 2.10. The number of aromatic nitrogens is 2. The van der Waals surface area contributed by atoms with Crippen LogP contribution >= 0.6 is 11.5 Å². The van der Waals surface area contributed by atoms with E-state index in [1.54, 1.807) is 6.92 Å². The van der Waals surface area contributed by atoms with Gasteiger partial charge in [0.15, 0.2) is 0 Å². The summed E-state index contributed by atoms with van der Waals surface area (Å²) < 4.78 is 3.75. The van der Waals surface area contributed by atoms with Gasteiger partial charge >= 0.3 is 0 Å². The fourth-order valence-electron chi connectivity index (χ4n) is 1.88. The maximum atomic E-state index is 11.7. The van der Waals surface area contributed by atoms with E-state index >= 15 is 0 Å². The number of hydrogen-bond acceptors (Lipinski definition) is 5. The molecule has 0 unspecified atom stereocenters. The monoisotopic (exact) mass is 240 g/mol. The minimum Gasteiger partial charge on any atom is -0.351 e. The largest absolute Gasteiger partial charge is 0.351 e. The second kappa shape index (κ2) is 5.36. The summed E-state index contributed by atoms with van der Waals surface area (Å²) in [5.74, 6) is -0.0505. The Bertz CT molecular complexity index is 359. The van der Waals surface area contributed by atoms with Crippen LogP contribution in [0, 0.1) is 6.92 Å². The van der Waals surface area contributed by atoms with Gasteiger partial charge in [-0.05, 0) is 44.3 Å². The third kappa shape index (κ3) is 2.76. The molecular weight excluding hydrogens is 224 g/mol. The van der Waals surface area contributed by atoms with Crippen LogP contribution in [0.15, 0.2) is 0 Å². The Kier molecular flexibility index (Phi) is 3.84. The molecule has 0 bridgehead atoms. The van der Waals surface area contributed by atoms with Crippen molar-refractivity contribution in [2.75, 3.05) is 13.1 Å². The molecule has 0 radical (unpaired) electrons. The fourth-order valence-corrected chi connectivity index (χ4v) is 2.46. The third-order valence-electron chi connectivity index (χ3n) is 2.80. The van der Waals surface area contributed by atoms with Gasteiger partial charge in [0.1, 0.15) is 4.88 Å².